The molecule has 0 radical (unpaired) electrons. The Kier molecular flexibility index (Phi) is 7.14. The molecule has 0 spiro atoms. The van der Waals surface area contributed by atoms with Crippen LogP contribution in [0.2, 0.25) is 0 Å². The number of carbonyl (C=O) groups is 2. The third kappa shape index (κ3) is 5.66. The summed E-state index contributed by atoms with van der Waals surface area (Å²) in [7, 11) is 0. The van der Waals surface area contributed by atoms with Crippen LogP contribution in [0.25, 0.3) is 6.08 Å². The molecular formula is C24H19F4N3O3S. The topological polar surface area (TPSA) is 73.6 Å². The van der Waals surface area contributed by atoms with Crippen LogP contribution in [0, 0.1) is 17.1 Å². The van der Waals surface area contributed by atoms with Crippen molar-refractivity contribution in [1.82, 2.24) is 9.80 Å². The normalized spacial score (nSPS) is 17.9. The fourth-order valence-electron chi connectivity index (χ4n) is 3.81. The Morgan fingerprint density at radius 1 is 1.06 bits per heavy atom. The van der Waals surface area contributed by atoms with E-state index >= 15 is 0 Å². The highest BCUT2D eigenvalue weighted by Crippen LogP contribution is 2.39. The van der Waals surface area contributed by atoms with E-state index < -0.39 is 40.2 Å². The first-order valence-corrected chi connectivity index (χ1v) is 11.5. The summed E-state index contributed by atoms with van der Waals surface area (Å²) in [4.78, 5) is 28.4. The zero-order chi connectivity index (χ0) is 25.2. The number of rotatable bonds is 6. The van der Waals surface area contributed by atoms with Crippen molar-refractivity contribution in [3.05, 3.63) is 63.8 Å². The van der Waals surface area contributed by atoms with Gasteiger partial charge < -0.3 is 9.64 Å². The van der Waals surface area contributed by atoms with Crippen molar-refractivity contribution in [2.75, 3.05) is 26.2 Å². The van der Waals surface area contributed by atoms with Crippen LogP contribution in [0.5, 0.6) is 11.5 Å². The number of thioether (sulfide) groups is 1. The Morgan fingerprint density at radius 3 is 2.43 bits per heavy atom. The lowest BCUT2D eigenvalue weighted by molar-refractivity contribution is -0.138. The summed E-state index contributed by atoms with van der Waals surface area (Å²) in [5, 5.41) is 8.45. The maximum Gasteiger partial charge on any atom is 0.420 e. The minimum absolute atomic E-state index is 0.135. The number of ether oxygens (including phenoxy) is 1. The number of hydrogen-bond acceptors (Lipinski definition) is 6. The summed E-state index contributed by atoms with van der Waals surface area (Å²) in [6.45, 7) is 2.75. The summed E-state index contributed by atoms with van der Waals surface area (Å²) in [6, 6.07) is 7.84. The van der Waals surface area contributed by atoms with Gasteiger partial charge in [-0.3, -0.25) is 14.5 Å². The van der Waals surface area contributed by atoms with Gasteiger partial charge in [0, 0.05) is 13.1 Å². The molecule has 0 aliphatic carbocycles. The summed E-state index contributed by atoms with van der Waals surface area (Å²) >= 11 is 0.755. The number of imide groups is 1. The van der Waals surface area contributed by atoms with Crippen molar-refractivity contribution < 1.29 is 31.9 Å². The van der Waals surface area contributed by atoms with E-state index in [1.807, 2.05) is 0 Å². The second-order valence-electron chi connectivity index (χ2n) is 7.99. The Labute approximate surface area is 202 Å². The van der Waals surface area contributed by atoms with Gasteiger partial charge in [-0.1, -0.05) is 6.07 Å². The number of nitrogens with zero attached hydrogens (tertiary/aromatic N) is 3. The molecule has 4 rings (SSSR count). The molecule has 11 heteroatoms. The van der Waals surface area contributed by atoms with Crippen molar-refractivity contribution in [2.24, 2.45) is 0 Å². The van der Waals surface area contributed by atoms with Gasteiger partial charge in [-0.05, 0) is 79.7 Å². The number of benzene rings is 2. The molecule has 0 aromatic heterocycles. The fraction of sp³-hybridized carbons (Fsp3) is 0.292. The molecule has 6 nitrogen and oxygen atoms in total. The molecule has 35 heavy (non-hydrogen) atoms. The Morgan fingerprint density at radius 2 is 1.77 bits per heavy atom. The minimum Gasteiger partial charge on any atom is -0.454 e. The van der Waals surface area contributed by atoms with Crippen molar-refractivity contribution in [3.63, 3.8) is 0 Å². The Hall–Kier alpha value is -3.36. The molecule has 0 saturated carbocycles. The van der Waals surface area contributed by atoms with E-state index in [0.717, 1.165) is 66.9 Å². The summed E-state index contributed by atoms with van der Waals surface area (Å²) in [6.07, 6.45) is -1.27. The molecule has 182 valence electrons. The van der Waals surface area contributed by atoms with Gasteiger partial charge >= 0.3 is 6.18 Å². The molecule has 0 bridgehead atoms. The molecule has 2 aromatic rings. The molecule has 2 aliphatic rings. The first-order chi connectivity index (χ1) is 16.7. The molecule has 2 fully saturated rings. The van der Waals surface area contributed by atoms with Gasteiger partial charge in [-0.25, -0.2) is 4.39 Å². The fourth-order valence-corrected chi connectivity index (χ4v) is 4.67. The van der Waals surface area contributed by atoms with Gasteiger partial charge in [0.2, 0.25) is 0 Å². The van der Waals surface area contributed by atoms with E-state index in [1.54, 1.807) is 6.07 Å². The number of likely N-dealkylation sites (tertiary alicyclic amines) is 1. The van der Waals surface area contributed by atoms with Gasteiger partial charge in [0.1, 0.15) is 5.75 Å². The maximum atomic E-state index is 14.7. The molecular weight excluding hydrogens is 486 g/mol. The highest BCUT2D eigenvalue weighted by molar-refractivity contribution is 8.18. The molecule has 2 aromatic carbocycles. The lowest BCUT2D eigenvalue weighted by Gasteiger charge is -2.18. The van der Waals surface area contributed by atoms with Gasteiger partial charge in [0.15, 0.2) is 11.6 Å². The second-order valence-corrected chi connectivity index (χ2v) is 8.99. The standard InChI is InChI=1S/C24H19F4N3O3S/c25-18-12-15(13-21-22(32)31(23(33)35-21)10-9-30-7-1-2-8-30)3-6-20(18)34-19-5-4-16(14-29)11-17(19)24(26,27)28/h3-6,11-13H,1-2,7-10H2. The lowest BCUT2D eigenvalue weighted by Crippen LogP contribution is -2.36. The quantitative estimate of drug-likeness (QED) is 0.374. The minimum atomic E-state index is -4.81. The van der Waals surface area contributed by atoms with Gasteiger partial charge in [-0.15, -0.1) is 0 Å². The van der Waals surface area contributed by atoms with Crippen LogP contribution in [0.4, 0.5) is 22.4 Å². The van der Waals surface area contributed by atoms with Crippen LogP contribution in [0.3, 0.4) is 0 Å². The molecule has 0 N–H and O–H groups in total. The van der Waals surface area contributed by atoms with Crippen molar-refractivity contribution in [2.45, 2.75) is 19.0 Å². The first kappa shape index (κ1) is 24.8. The van der Waals surface area contributed by atoms with E-state index in [-0.39, 0.29) is 22.6 Å². The lowest BCUT2D eigenvalue weighted by atomic mass is 10.1. The Balaban J connectivity index is 1.49. The molecule has 2 saturated heterocycles. The molecule has 2 heterocycles. The van der Waals surface area contributed by atoms with E-state index in [9.17, 15) is 27.2 Å². The summed E-state index contributed by atoms with van der Waals surface area (Å²) in [5.41, 5.74) is -1.17. The van der Waals surface area contributed by atoms with E-state index in [1.165, 1.54) is 12.1 Å². The number of amides is 2. The van der Waals surface area contributed by atoms with Crippen molar-refractivity contribution >= 4 is 29.0 Å². The number of hydrogen-bond donors (Lipinski definition) is 0. The second kappa shape index (κ2) is 10.1. The zero-order valence-corrected chi connectivity index (χ0v) is 19.1. The molecule has 0 atom stereocenters. The van der Waals surface area contributed by atoms with E-state index in [2.05, 4.69) is 4.90 Å². The van der Waals surface area contributed by atoms with Crippen LogP contribution < -0.4 is 4.74 Å². The monoisotopic (exact) mass is 505 g/mol. The molecule has 2 aliphatic heterocycles. The molecule has 2 amide bonds. The van der Waals surface area contributed by atoms with Gasteiger partial charge in [-0.2, -0.15) is 18.4 Å². The summed E-state index contributed by atoms with van der Waals surface area (Å²) in [5.74, 6) is -2.53. The number of carbonyl (C=O) groups excluding carboxylic acids is 2. The predicted molar refractivity (Wildman–Crippen MR) is 121 cm³/mol. The van der Waals surface area contributed by atoms with Crippen LogP contribution in [-0.2, 0) is 11.0 Å². The van der Waals surface area contributed by atoms with Crippen LogP contribution in [0.15, 0.2) is 41.3 Å². The van der Waals surface area contributed by atoms with Gasteiger partial charge in [0.05, 0.1) is 22.1 Å². The highest BCUT2D eigenvalue weighted by atomic mass is 32.2. The van der Waals surface area contributed by atoms with Crippen LogP contribution >= 0.6 is 11.8 Å². The third-order valence-corrected chi connectivity index (χ3v) is 6.51. The third-order valence-electron chi connectivity index (χ3n) is 5.60. The van der Waals surface area contributed by atoms with Crippen molar-refractivity contribution in [1.29, 1.82) is 5.26 Å². The number of alkyl halides is 3. The number of nitriles is 1. The molecule has 0 unspecified atom stereocenters. The zero-order valence-electron chi connectivity index (χ0n) is 18.3. The van der Waals surface area contributed by atoms with Crippen LogP contribution in [0.1, 0.15) is 29.5 Å². The van der Waals surface area contributed by atoms with Crippen molar-refractivity contribution in [3.8, 4) is 17.6 Å². The largest absolute Gasteiger partial charge is 0.454 e. The van der Waals surface area contributed by atoms with Gasteiger partial charge in [0.25, 0.3) is 11.1 Å². The first-order valence-electron chi connectivity index (χ1n) is 10.7. The number of halogens is 4. The average molecular weight is 505 g/mol. The van der Waals surface area contributed by atoms with Crippen LogP contribution in [-0.4, -0.2) is 47.1 Å². The van der Waals surface area contributed by atoms with E-state index in [0.29, 0.717) is 12.6 Å². The average Bonchev–Trinajstić information content (AvgIpc) is 3.42. The predicted octanol–water partition coefficient (Wildman–Crippen LogP) is 5.64. The SMILES string of the molecule is N#Cc1ccc(Oc2ccc(C=C3SC(=O)N(CCN4CCCC4)C3=O)cc2F)c(C(F)(F)F)c1. The summed E-state index contributed by atoms with van der Waals surface area (Å²) < 4.78 is 59.9. The highest BCUT2D eigenvalue weighted by Gasteiger charge is 2.36. The maximum absolute atomic E-state index is 14.7. The smallest absolute Gasteiger partial charge is 0.420 e. The van der Waals surface area contributed by atoms with E-state index in [4.69, 9.17) is 10.00 Å². The Bertz CT molecular complexity index is 1230.